The highest BCUT2D eigenvalue weighted by Crippen LogP contribution is 2.12. The van der Waals surface area contributed by atoms with Crippen molar-refractivity contribution >= 4 is 0 Å². The van der Waals surface area contributed by atoms with Crippen LogP contribution >= 0.6 is 0 Å². The van der Waals surface area contributed by atoms with E-state index >= 15 is 0 Å². The first-order valence-electron chi connectivity index (χ1n) is 4.87. The summed E-state index contributed by atoms with van der Waals surface area (Å²) in [6, 6.07) is 3.86. The molecule has 2 nitrogen and oxygen atoms in total. The minimum atomic E-state index is -0.507. The van der Waals surface area contributed by atoms with Gasteiger partial charge in [0.1, 0.15) is 11.6 Å². The summed E-state index contributed by atoms with van der Waals surface area (Å²) in [7, 11) is 1.80. The van der Waals surface area contributed by atoms with E-state index in [9.17, 15) is 8.78 Å². The third-order valence-electron chi connectivity index (χ3n) is 2.29. The van der Waals surface area contributed by atoms with Crippen LogP contribution in [0.5, 0.6) is 0 Å². The maximum Gasteiger partial charge on any atom is 0.129 e. The number of halogens is 2. The van der Waals surface area contributed by atoms with Crippen molar-refractivity contribution < 1.29 is 13.9 Å². The zero-order chi connectivity index (χ0) is 11.3. The van der Waals surface area contributed by atoms with E-state index in [1.165, 1.54) is 18.2 Å². The fraction of sp³-hybridized carbons (Fsp3) is 0.455. The van der Waals surface area contributed by atoms with E-state index in [1.807, 2.05) is 4.90 Å². The van der Waals surface area contributed by atoms with E-state index < -0.39 is 11.6 Å². The normalized spacial score (nSPS) is 11.0. The van der Waals surface area contributed by atoms with Crippen LogP contribution in [0.25, 0.3) is 0 Å². The van der Waals surface area contributed by atoms with Crippen LogP contribution in [0.3, 0.4) is 0 Å². The van der Waals surface area contributed by atoms with E-state index in [0.717, 1.165) is 0 Å². The molecule has 0 bridgehead atoms. The first-order valence-corrected chi connectivity index (χ1v) is 4.87. The van der Waals surface area contributed by atoms with E-state index in [2.05, 4.69) is 0 Å². The second-order valence-corrected chi connectivity index (χ2v) is 3.48. The Hall–Kier alpha value is -1.00. The highest BCUT2D eigenvalue weighted by Gasteiger charge is 2.08. The molecule has 0 unspecified atom stereocenters. The highest BCUT2D eigenvalue weighted by molar-refractivity contribution is 5.19. The molecule has 15 heavy (non-hydrogen) atoms. The third-order valence-corrected chi connectivity index (χ3v) is 2.29. The van der Waals surface area contributed by atoms with E-state index in [4.69, 9.17) is 5.11 Å². The van der Waals surface area contributed by atoms with Gasteiger partial charge in [0.05, 0.1) is 6.61 Å². The summed E-state index contributed by atoms with van der Waals surface area (Å²) in [5, 5.41) is 8.65. The quantitative estimate of drug-likeness (QED) is 0.803. The van der Waals surface area contributed by atoms with Crippen molar-refractivity contribution in [2.75, 3.05) is 26.7 Å². The zero-order valence-corrected chi connectivity index (χ0v) is 8.71. The Morgan fingerprint density at radius 2 is 1.80 bits per heavy atom. The molecule has 84 valence electrons. The Labute approximate surface area is 88.1 Å². The number of aliphatic hydroxyl groups excluding tert-OH is 1. The van der Waals surface area contributed by atoms with Crippen molar-refractivity contribution in [3.63, 3.8) is 0 Å². The number of likely N-dealkylation sites (N-methyl/N-ethyl adjacent to an activating group) is 1. The maximum absolute atomic E-state index is 13.2. The van der Waals surface area contributed by atoms with Crippen LogP contribution in [-0.2, 0) is 6.42 Å². The molecular weight excluding hydrogens is 200 g/mol. The van der Waals surface area contributed by atoms with Gasteiger partial charge in [0, 0.05) is 18.7 Å². The summed E-state index contributed by atoms with van der Waals surface area (Å²) in [5.41, 5.74) is 0.113. The second-order valence-electron chi connectivity index (χ2n) is 3.48. The van der Waals surface area contributed by atoms with Crippen LogP contribution in [0, 0.1) is 11.6 Å². The van der Waals surface area contributed by atoms with Gasteiger partial charge < -0.3 is 10.0 Å². The van der Waals surface area contributed by atoms with E-state index in [0.29, 0.717) is 19.5 Å². The van der Waals surface area contributed by atoms with Crippen LogP contribution in [0.2, 0.25) is 0 Å². The molecule has 1 rings (SSSR count). The molecule has 0 aromatic heterocycles. The predicted octanol–water partition coefficient (Wildman–Crippen LogP) is 1.43. The minimum Gasteiger partial charge on any atom is -0.395 e. The molecule has 0 aliphatic carbocycles. The van der Waals surface area contributed by atoms with Gasteiger partial charge in [0.2, 0.25) is 0 Å². The summed E-state index contributed by atoms with van der Waals surface area (Å²) in [6.45, 7) is 1.09. The first-order chi connectivity index (χ1) is 7.15. The Kier molecular flexibility index (Phi) is 4.65. The Bertz CT molecular complexity index is 297. The molecule has 0 aliphatic rings. The highest BCUT2D eigenvalue weighted by atomic mass is 19.1. The van der Waals surface area contributed by atoms with Gasteiger partial charge in [-0.05, 0) is 25.6 Å². The lowest BCUT2D eigenvalue weighted by Crippen LogP contribution is -2.25. The van der Waals surface area contributed by atoms with Crippen molar-refractivity contribution in [2.45, 2.75) is 6.42 Å². The standard InChI is InChI=1S/C11H15F2NO/c1-14(7-8-15)6-5-9-10(12)3-2-4-11(9)13/h2-4,15H,5-8H2,1H3. The summed E-state index contributed by atoms with van der Waals surface area (Å²) in [6.07, 6.45) is 0.314. The number of aliphatic hydroxyl groups is 1. The maximum atomic E-state index is 13.2. The molecular formula is C11H15F2NO. The monoisotopic (exact) mass is 215 g/mol. The summed E-state index contributed by atoms with van der Waals surface area (Å²) < 4.78 is 26.4. The Morgan fingerprint density at radius 1 is 1.20 bits per heavy atom. The fourth-order valence-corrected chi connectivity index (χ4v) is 1.36. The largest absolute Gasteiger partial charge is 0.395 e. The van der Waals surface area contributed by atoms with Crippen molar-refractivity contribution in [1.82, 2.24) is 4.90 Å². The molecule has 0 saturated heterocycles. The number of hydrogen-bond donors (Lipinski definition) is 1. The Balaban J connectivity index is 2.57. The smallest absolute Gasteiger partial charge is 0.129 e. The number of benzene rings is 1. The molecule has 0 fully saturated rings. The SMILES string of the molecule is CN(CCO)CCc1c(F)cccc1F. The van der Waals surface area contributed by atoms with Crippen LogP contribution in [0.1, 0.15) is 5.56 Å². The van der Waals surface area contributed by atoms with E-state index in [-0.39, 0.29) is 12.2 Å². The molecule has 1 aromatic rings. The van der Waals surface area contributed by atoms with Crippen LogP contribution in [0.4, 0.5) is 8.78 Å². The van der Waals surface area contributed by atoms with Gasteiger partial charge in [-0.2, -0.15) is 0 Å². The van der Waals surface area contributed by atoms with Crippen molar-refractivity contribution in [2.24, 2.45) is 0 Å². The van der Waals surface area contributed by atoms with Crippen LogP contribution < -0.4 is 0 Å². The second kappa shape index (κ2) is 5.78. The average molecular weight is 215 g/mol. The lowest BCUT2D eigenvalue weighted by molar-refractivity contribution is 0.222. The number of hydrogen-bond acceptors (Lipinski definition) is 2. The molecule has 0 heterocycles. The molecule has 0 spiro atoms. The minimum absolute atomic E-state index is 0.0518. The lowest BCUT2D eigenvalue weighted by Gasteiger charge is -2.15. The van der Waals surface area contributed by atoms with Crippen molar-refractivity contribution in [3.8, 4) is 0 Å². The number of rotatable bonds is 5. The zero-order valence-electron chi connectivity index (χ0n) is 8.71. The summed E-state index contributed by atoms with van der Waals surface area (Å²) >= 11 is 0. The Morgan fingerprint density at radius 3 is 2.33 bits per heavy atom. The average Bonchev–Trinajstić information content (AvgIpc) is 2.17. The van der Waals surface area contributed by atoms with Gasteiger partial charge in [-0.25, -0.2) is 8.78 Å². The molecule has 0 atom stereocenters. The first kappa shape index (κ1) is 12.1. The summed E-state index contributed by atoms with van der Waals surface area (Å²) in [4.78, 5) is 1.83. The van der Waals surface area contributed by atoms with Crippen molar-refractivity contribution in [3.05, 3.63) is 35.4 Å². The summed E-state index contributed by atoms with van der Waals surface area (Å²) in [5.74, 6) is -1.01. The van der Waals surface area contributed by atoms with Gasteiger partial charge in [-0.3, -0.25) is 0 Å². The molecule has 0 aliphatic heterocycles. The van der Waals surface area contributed by atoms with Gasteiger partial charge >= 0.3 is 0 Å². The lowest BCUT2D eigenvalue weighted by atomic mass is 10.1. The van der Waals surface area contributed by atoms with Crippen LogP contribution in [-0.4, -0.2) is 36.8 Å². The predicted molar refractivity (Wildman–Crippen MR) is 54.6 cm³/mol. The molecule has 1 aromatic carbocycles. The third kappa shape index (κ3) is 3.57. The van der Waals surface area contributed by atoms with Gasteiger partial charge in [0.25, 0.3) is 0 Å². The molecule has 0 amide bonds. The van der Waals surface area contributed by atoms with Gasteiger partial charge in [0.15, 0.2) is 0 Å². The van der Waals surface area contributed by atoms with Crippen molar-refractivity contribution in [1.29, 1.82) is 0 Å². The van der Waals surface area contributed by atoms with E-state index in [1.54, 1.807) is 7.05 Å². The molecule has 0 radical (unpaired) electrons. The van der Waals surface area contributed by atoms with Gasteiger partial charge in [-0.15, -0.1) is 0 Å². The van der Waals surface area contributed by atoms with Crippen LogP contribution in [0.15, 0.2) is 18.2 Å². The topological polar surface area (TPSA) is 23.5 Å². The molecule has 4 heteroatoms. The molecule has 0 saturated carbocycles. The number of nitrogens with zero attached hydrogens (tertiary/aromatic N) is 1. The fourth-order valence-electron chi connectivity index (χ4n) is 1.36. The molecule has 1 N–H and O–H groups in total. The van der Waals surface area contributed by atoms with Gasteiger partial charge in [-0.1, -0.05) is 6.07 Å².